The molecule has 0 aliphatic rings. The molecule has 32 heavy (non-hydrogen) atoms. The van der Waals surface area contributed by atoms with Gasteiger partial charge in [-0.2, -0.15) is 0 Å². The molecular formula is C22H34N4O6. The molecule has 0 aliphatic heterocycles. The van der Waals surface area contributed by atoms with Crippen molar-refractivity contribution in [1.29, 1.82) is 0 Å². The van der Waals surface area contributed by atoms with Crippen LogP contribution in [0, 0.1) is 11.8 Å². The second kappa shape index (κ2) is 12.7. The molecule has 4 unspecified atom stereocenters. The van der Waals surface area contributed by atoms with Gasteiger partial charge in [0.05, 0.1) is 6.54 Å². The van der Waals surface area contributed by atoms with Crippen LogP contribution in [-0.4, -0.2) is 58.6 Å². The minimum atomic E-state index is -1.16. The fourth-order valence-corrected chi connectivity index (χ4v) is 3.04. The summed E-state index contributed by atoms with van der Waals surface area (Å²) in [7, 11) is 0. The van der Waals surface area contributed by atoms with Gasteiger partial charge in [-0.15, -0.1) is 0 Å². The lowest BCUT2D eigenvalue weighted by Gasteiger charge is -2.28. The van der Waals surface area contributed by atoms with Crippen molar-refractivity contribution in [3.05, 3.63) is 29.8 Å². The highest BCUT2D eigenvalue weighted by Crippen LogP contribution is 2.13. The third kappa shape index (κ3) is 8.18. The number of carbonyl (C=O) groups excluding carboxylic acids is 3. The maximum Gasteiger partial charge on any atom is 0.326 e. The van der Waals surface area contributed by atoms with Crippen molar-refractivity contribution < 1.29 is 29.4 Å². The molecule has 10 nitrogen and oxygen atoms in total. The molecule has 0 heterocycles. The molecule has 0 saturated carbocycles. The van der Waals surface area contributed by atoms with Gasteiger partial charge in [0, 0.05) is 6.42 Å². The molecule has 1 rings (SSSR count). The minimum Gasteiger partial charge on any atom is -0.508 e. The van der Waals surface area contributed by atoms with E-state index in [1.165, 1.54) is 12.1 Å². The monoisotopic (exact) mass is 450 g/mol. The third-order valence-electron chi connectivity index (χ3n) is 5.24. The number of phenols is 1. The molecule has 0 aliphatic carbocycles. The highest BCUT2D eigenvalue weighted by Gasteiger charge is 2.33. The summed E-state index contributed by atoms with van der Waals surface area (Å²) in [5.41, 5.74) is 6.04. The number of carbonyl (C=O) groups is 4. The Kier molecular flexibility index (Phi) is 10.6. The van der Waals surface area contributed by atoms with Gasteiger partial charge in [-0.1, -0.05) is 46.2 Å². The second-order valence-electron chi connectivity index (χ2n) is 8.14. The van der Waals surface area contributed by atoms with Crippen LogP contribution >= 0.6 is 0 Å². The van der Waals surface area contributed by atoms with Gasteiger partial charge in [-0.05, 0) is 29.5 Å². The van der Waals surface area contributed by atoms with Crippen molar-refractivity contribution in [3.8, 4) is 5.75 Å². The van der Waals surface area contributed by atoms with E-state index in [2.05, 4.69) is 16.0 Å². The summed E-state index contributed by atoms with van der Waals surface area (Å²) in [5, 5.41) is 26.5. The Bertz CT molecular complexity index is 796. The van der Waals surface area contributed by atoms with Crippen molar-refractivity contribution in [2.45, 2.75) is 58.7 Å². The molecule has 0 aromatic heterocycles. The molecule has 0 radical (unpaired) electrons. The Morgan fingerprint density at radius 1 is 0.938 bits per heavy atom. The fraction of sp³-hybridized carbons (Fsp3) is 0.545. The summed E-state index contributed by atoms with van der Waals surface area (Å²) in [6.45, 7) is 6.64. The zero-order valence-corrected chi connectivity index (χ0v) is 18.9. The lowest BCUT2D eigenvalue weighted by Crippen LogP contribution is -2.59. The van der Waals surface area contributed by atoms with E-state index in [4.69, 9.17) is 5.73 Å². The van der Waals surface area contributed by atoms with E-state index in [9.17, 15) is 29.4 Å². The largest absolute Gasteiger partial charge is 0.508 e. The number of rotatable bonds is 12. The van der Waals surface area contributed by atoms with Crippen LogP contribution in [0.3, 0.4) is 0 Å². The number of nitrogens with two attached hydrogens (primary N) is 1. The zero-order chi connectivity index (χ0) is 24.4. The van der Waals surface area contributed by atoms with Crippen LogP contribution in [0.2, 0.25) is 0 Å². The Morgan fingerprint density at radius 2 is 1.50 bits per heavy atom. The quantitative estimate of drug-likeness (QED) is 0.263. The zero-order valence-electron chi connectivity index (χ0n) is 18.9. The highest BCUT2D eigenvalue weighted by molar-refractivity contribution is 5.94. The smallest absolute Gasteiger partial charge is 0.326 e. The first-order valence-electron chi connectivity index (χ1n) is 10.6. The van der Waals surface area contributed by atoms with E-state index in [0.29, 0.717) is 12.0 Å². The van der Waals surface area contributed by atoms with E-state index >= 15 is 0 Å². The van der Waals surface area contributed by atoms with Crippen LogP contribution in [0.5, 0.6) is 5.75 Å². The average Bonchev–Trinajstić information content (AvgIpc) is 2.75. The molecule has 1 aromatic carbocycles. The van der Waals surface area contributed by atoms with Crippen LogP contribution in [0.25, 0.3) is 0 Å². The number of nitrogens with one attached hydrogen (secondary N) is 3. The second-order valence-corrected chi connectivity index (χ2v) is 8.14. The molecular weight excluding hydrogens is 416 g/mol. The standard InChI is InChI=1S/C22H34N4O6/c1-5-13(4)19(21(30)25-18(12(2)3)22(31)32)26-20(29)16(24-17(28)11-23)10-14-6-8-15(27)9-7-14/h6-9,12-13,16,18-19,27H,5,10-11,23H2,1-4H3,(H,24,28)(H,25,30)(H,26,29)(H,31,32). The Balaban J connectivity index is 3.07. The van der Waals surface area contributed by atoms with Crippen LogP contribution in [0.15, 0.2) is 24.3 Å². The SMILES string of the molecule is CCC(C)C(NC(=O)C(Cc1ccc(O)cc1)NC(=O)CN)C(=O)NC(C(=O)O)C(C)C. The summed E-state index contributed by atoms with van der Waals surface area (Å²) < 4.78 is 0. The van der Waals surface area contributed by atoms with Gasteiger partial charge in [0.15, 0.2) is 0 Å². The topological polar surface area (TPSA) is 171 Å². The van der Waals surface area contributed by atoms with Crippen LogP contribution in [-0.2, 0) is 25.6 Å². The van der Waals surface area contributed by atoms with Crippen LogP contribution < -0.4 is 21.7 Å². The number of aromatic hydroxyl groups is 1. The molecule has 0 saturated heterocycles. The first-order valence-corrected chi connectivity index (χ1v) is 10.6. The molecule has 178 valence electrons. The van der Waals surface area contributed by atoms with E-state index in [0.717, 1.165) is 0 Å². The summed E-state index contributed by atoms with van der Waals surface area (Å²) >= 11 is 0. The van der Waals surface area contributed by atoms with Crippen molar-refractivity contribution in [1.82, 2.24) is 16.0 Å². The summed E-state index contributed by atoms with van der Waals surface area (Å²) in [4.78, 5) is 49.3. The number of carboxylic acids is 1. The molecule has 1 aromatic rings. The van der Waals surface area contributed by atoms with Crippen molar-refractivity contribution in [2.24, 2.45) is 17.6 Å². The van der Waals surface area contributed by atoms with Crippen molar-refractivity contribution in [2.75, 3.05) is 6.54 Å². The summed E-state index contributed by atoms with van der Waals surface area (Å²) in [6.07, 6.45) is 0.659. The number of amides is 3. The first-order chi connectivity index (χ1) is 15.0. The Hall–Kier alpha value is -3.14. The minimum absolute atomic E-state index is 0.0624. The van der Waals surface area contributed by atoms with Crippen LogP contribution in [0.4, 0.5) is 0 Å². The van der Waals surface area contributed by atoms with Gasteiger partial charge in [0.1, 0.15) is 23.9 Å². The molecule has 0 fully saturated rings. The lowest BCUT2D eigenvalue weighted by atomic mass is 9.96. The van der Waals surface area contributed by atoms with E-state index in [1.807, 2.05) is 6.92 Å². The van der Waals surface area contributed by atoms with Gasteiger partial charge in [-0.3, -0.25) is 14.4 Å². The molecule has 10 heteroatoms. The molecule has 0 spiro atoms. The van der Waals surface area contributed by atoms with Gasteiger partial charge in [0.2, 0.25) is 17.7 Å². The molecule has 4 atom stereocenters. The Morgan fingerprint density at radius 3 is 1.97 bits per heavy atom. The number of phenolic OH excluding ortho intramolecular Hbond substituents is 1. The maximum atomic E-state index is 13.0. The Labute approximate surface area is 187 Å². The van der Waals surface area contributed by atoms with Gasteiger partial charge < -0.3 is 31.9 Å². The van der Waals surface area contributed by atoms with E-state index in [-0.39, 0.29) is 30.6 Å². The van der Waals surface area contributed by atoms with E-state index in [1.54, 1.807) is 32.9 Å². The lowest BCUT2D eigenvalue weighted by molar-refractivity contribution is -0.144. The van der Waals surface area contributed by atoms with Crippen molar-refractivity contribution >= 4 is 23.7 Å². The summed E-state index contributed by atoms with van der Waals surface area (Å²) in [6, 6.07) is 3.04. The number of benzene rings is 1. The first kappa shape index (κ1) is 26.9. The van der Waals surface area contributed by atoms with E-state index < -0.39 is 41.8 Å². The predicted molar refractivity (Wildman–Crippen MR) is 119 cm³/mol. The number of carboxylic acid groups (broad SMARTS) is 1. The maximum absolute atomic E-state index is 13.0. The van der Waals surface area contributed by atoms with Gasteiger partial charge in [-0.25, -0.2) is 4.79 Å². The molecule has 3 amide bonds. The van der Waals surface area contributed by atoms with Crippen LogP contribution in [0.1, 0.15) is 39.7 Å². The van der Waals surface area contributed by atoms with Crippen molar-refractivity contribution in [3.63, 3.8) is 0 Å². The van der Waals surface area contributed by atoms with Gasteiger partial charge >= 0.3 is 5.97 Å². The number of hydrogen-bond acceptors (Lipinski definition) is 6. The average molecular weight is 451 g/mol. The molecule has 7 N–H and O–H groups in total. The van der Waals surface area contributed by atoms with Gasteiger partial charge in [0.25, 0.3) is 0 Å². The normalized spacial score (nSPS) is 14.7. The molecule has 0 bridgehead atoms. The predicted octanol–water partition coefficient (Wildman–Crippen LogP) is 0.135. The fourth-order valence-electron chi connectivity index (χ4n) is 3.04. The summed E-state index contributed by atoms with van der Waals surface area (Å²) in [5.74, 6) is -3.50. The number of hydrogen-bond donors (Lipinski definition) is 6. The highest BCUT2D eigenvalue weighted by atomic mass is 16.4. The third-order valence-corrected chi connectivity index (χ3v) is 5.24. The number of aliphatic carboxylic acids is 1.